The van der Waals surface area contributed by atoms with Gasteiger partial charge in [0, 0.05) is 29.8 Å². The second-order valence-electron chi connectivity index (χ2n) is 15.0. The van der Waals surface area contributed by atoms with Crippen LogP contribution in [0.3, 0.4) is 0 Å². The van der Waals surface area contributed by atoms with Gasteiger partial charge in [0.25, 0.3) is 15.9 Å². The number of carbonyl (C=O) groups excluding carboxylic acids is 1. The first-order valence-electron chi connectivity index (χ1n) is 17.3. The van der Waals surface area contributed by atoms with Crippen molar-refractivity contribution in [2.75, 3.05) is 22.8 Å². The SMILES string of the molecule is Cc1cccc(C)c1-c1cc2nc(n1)NS(=O)(=O)c1cccc(c1)C(=O)N(Cc1cncc(N3CCCC3C(C)C)n1)[C@H](CC(C)(C)C)CO2. The summed E-state index contributed by atoms with van der Waals surface area (Å²) < 4.78 is 36.4. The zero-order chi connectivity index (χ0) is 35.8. The minimum atomic E-state index is -4.18. The Balaban J connectivity index is 1.46. The maximum Gasteiger partial charge on any atom is 0.264 e. The lowest BCUT2D eigenvalue weighted by atomic mass is 9.87. The zero-order valence-electron chi connectivity index (χ0n) is 30.0. The summed E-state index contributed by atoms with van der Waals surface area (Å²) in [6, 6.07) is 13.7. The summed E-state index contributed by atoms with van der Waals surface area (Å²) in [5, 5.41) is 0. The highest BCUT2D eigenvalue weighted by molar-refractivity contribution is 7.92. The van der Waals surface area contributed by atoms with Crippen molar-refractivity contribution in [2.24, 2.45) is 11.3 Å². The number of nitrogens with zero attached hydrogens (tertiary/aromatic N) is 6. The van der Waals surface area contributed by atoms with Crippen molar-refractivity contribution in [2.45, 2.75) is 91.3 Å². The molecule has 50 heavy (non-hydrogen) atoms. The van der Waals surface area contributed by atoms with Crippen molar-refractivity contribution in [3.05, 3.63) is 83.3 Å². The Bertz CT molecular complexity index is 1970. The minimum absolute atomic E-state index is 0.0750. The van der Waals surface area contributed by atoms with E-state index >= 15 is 0 Å². The van der Waals surface area contributed by atoms with E-state index in [9.17, 15) is 13.2 Å². The quantitative estimate of drug-likeness (QED) is 0.231. The topological polar surface area (TPSA) is 131 Å². The van der Waals surface area contributed by atoms with E-state index < -0.39 is 16.1 Å². The van der Waals surface area contributed by atoms with E-state index in [2.05, 4.69) is 59.2 Å². The summed E-state index contributed by atoms with van der Waals surface area (Å²) in [4.78, 5) is 37.3. The number of rotatable bonds is 6. The summed E-state index contributed by atoms with van der Waals surface area (Å²) in [5.74, 6) is 1.01. The van der Waals surface area contributed by atoms with Crippen LogP contribution in [-0.2, 0) is 16.6 Å². The van der Waals surface area contributed by atoms with Gasteiger partial charge in [-0.1, -0.05) is 58.9 Å². The van der Waals surface area contributed by atoms with Gasteiger partial charge in [-0.15, -0.1) is 0 Å². The van der Waals surface area contributed by atoms with Crippen LogP contribution in [0.25, 0.3) is 11.3 Å². The monoisotopic (exact) mass is 697 g/mol. The molecule has 0 saturated carbocycles. The van der Waals surface area contributed by atoms with E-state index in [-0.39, 0.29) is 46.8 Å². The van der Waals surface area contributed by atoms with Gasteiger partial charge in [0.05, 0.1) is 41.3 Å². The highest BCUT2D eigenvalue weighted by Crippen LogP contribution is 2.33. The second-order valence-corrected chi connectivity index (χ2v) is 16.7. The van der Waals surface area contributed by atoms with Crippen molar-refractivity contribution in [3.63, 3.8) is 0 Å². The molecule has 1 N–H and O–H groups in total. The van der Waals surface area contributed by atoms with Crippen molar-refractivity contribution in [3.8, 4) is 17.1 Å². The van der Waals surface area contributed by atoms with Crippen molar-refractivity contribution in [1.29, 1.82) is 0 Å². The molecule has 264 valence electrons. The maximum absolute atomic E-state index is 14.6. The highest BCUT2D eigenvalue weighted by atomic mass is 32.2. The number of benzene rings is 2. The van der Waals surface area contributed by atoms with Crippen LogP contribution in [0.2, 0.25) is 0 Å². The third-order valence-electron chi connectivity index (χ3n) is 9.40. The molecule has 12 heteroatoms. The van der Waals surface area contributed by atoms with Crippen LogP contribution in [0, 0.1) is 25.2 Å². The number of aryl methyl sites for hydroxylation is 2. The van der Waals surface area contributed by atoms with E-state index in [4.69, 9.17) is 9.72 Å². The number of sulfonamides is 1. The van der Waals surface area contributed by atoms with Crippen molar-refractivity contribution < 1.29 is 17.9 Å². The normalized spacial score (nSPS) is 19.3. The number of hydrogen-bond donors (Lipinski definition) is 1. The molecule has 0 radical (unpaired) electrons. The molecular weight excluding hydrogens is 651 g/mol. The number of hydrogen-bond acceptors (Lipinski definition) is 9. The Kier molecular flexibility index (Phi) is 9.85. The van der Waals surface area contributed by atoms with Crippen LogP contribution in [0.1, 0.15) is 81.1 Å². The first kappa shape index (κ1) is 35.3. The molecule has 0 aliphatic carbocycles. The molecular formula is C38H47N7O4S. The molecule has 2 aromatic carbocycles. The molecule has 4 aromatic rings. The Morgan fingerprint density at radius 1 is 1.00 bits per heavy atom. The Labute approximate surface area is 295 Å². The van der Waals surface area contributed by atoms with Gasteiger partial charge in [-0.2, -0.15) is 4.98 Å². The molecule has 2 atom stereocenters. The molecule has 2 aliphatic rings. The number of fused-ring (bicyclic) bond motifs is 4. The van der Waals surface area contributed by atoms with Crippen molar-refractivity contribution >= 4 is 27.7 Å². The third-order valence-corrected chi connectivity index (χ3v) is 10.7. The lowest BCUT2D eigenvalue weighted by Gasteiger charge is -2.36. The van der Waals surface area contributed by atoms with E-state index in [1.165, 1.54) is 12.1 Å². The molecule has 1 unspecified atom stereocenters. The minimum Gasteiger partial charge on any atom is -0.475 e. The van der Waals surface area contributed by atoms with E-state index in [1.54, 1.807) is 35.5 Å². The molecule has 4 heterocycles. The largest absolute Gasteiger partial charge is 0.475 e. The van der Waals surface area contributed by atoms with Crippen LogP contribution >= 0.6 is 0 Å². The third kappa shape index (κ3) is 7.75. The van der Waals surface area contributed by atoms with Crippen LogP contribution in [0.15, 0.2) is 65.8 Å². The number of nitrogens with one attached hydrogen (secondary N) is 1. The van der Waals surface area contributed by atoms with Gasteiger partial charge in [0.15, 0.2) is 0 Å². The molecule has 1 amide bonds. The smallest absolute Gasteiger partial charge is 0.264 e. The highest BCUT2D eigenvalue weighted by Gasteiger charge is 2.33. The first-order valence-corrected chi connectivity index (χ1v) is 18.8. The van der Waals surface area contributed by atoms with Gasteiger partial charge in [0.1, 0.15) is 12.4 Å². The first-order chi connectivity index (χ1) is 23.7. The lowest BCUT2D eigenvalue weighted by Crippen LogP contribution is -2.45. The van der Waals surface area contributed by atoms with Gasteiger partial charge in [-0.3, -0.25) is 9.78 Å². The van der Waals surface area contributed by atoms with Crippen LogP contribution in [-0.4, -0.2) is 64.4 Å². The summed E-state index contributed by atoms with van der Waals surface area (Å²) in [6.45, 7) is 15.9. The van der Waals surface area contributed by atoms with Crippen molar-refractivity contribution in [1.82, 2.24) is 24.8 Å². The van der Waals surface area contributed by atoms with Crippen LogP contribution in [0.5, 0.6) is 5.88 Å². The average Bonchev–Trinajstić information content (AvgIpc) is 3.55. The number of anilines is 2. The van der Waals surface area contributed by atoms with Gasteiger partial charge in [0.2, 0.25) is 11.8 Å². The van der Waals surface area contributed by atoms with Gasteiger partial charge >= 0.3 is 0 Å². The predicted octanol–water partition coefficient (Wildman–Crippen LogP) is 6.82. The maximum atomic E-state index is 14.6. The Morgan fingerprint density at radius 2 is 1.74 bits per heavy atom. The summed E-state index contributed by atoms with van der Waals surface area (Å²) in [6.07, 6.45) is 6.28. The summed E-state index contributed by atoms with van der Waals surface area (Å²) >= 11 is 0. The summed E-state index contributed by atoms with van der Waals surface area (Å²) in [5.41, 5.74) is 4.04. The van der Waals surface area contributed by atoms with E-state index in [1.807, 2.05) is 32.0 Å². The number of aromatic nitrogens is 4. The number of carbonyl (C=O) groups is 1. The molecule has 0 spiro atoms. The molecule has 2 aromatic heterocycles. The molecule has 1 saturated heterocycles. The Hall–Kier alpha value is -4.58. The number of ether oxygens (including phenoxy) is 1. The second kappa shape index (κ2) is 14.0. The van der Waals surface area contributed by atoms with E-state index in [0.717, 1.165) is 41.9 Å². The molecule has 6 rings (SSSR count). The Morgan fingerprint density at radius 3 is 2.46 bits per heavy atom. The molecule has 2 aliphatic heterocycles. The molecule has 1 fully saturated rings. The fraction of sp³-hybridized carbons (Fsp3) is 0.447. The van der Waals surface area contributed by atoms with Gasteiger partial charge < -0.3 is 14.5 Å². The summed E-state index contributed by atoms with van der Waals surface area (Å²) in [7, 11) is -4.18. The number of amides is 1. The van der Waals surface area contributed by atoms with Gasteiger partial charge in [-0.05, 0) is 73.8 Å². The van der Waals surface area contributed by atoms with Crippen LogP contribution in [0.4, 0.5) is 11.8 Å². The zero-order valence-corrected chi connectivity index (χ0v) is 30.8. The van der Waals surface area contributed by atoms with Crippen LogP contribution < -0.4 is 14.4 Å². The van der Waals surface area contributed by atoms with E-state index in [0.29, 0.717) is 29.8 Å². The fourth-order valence-electron chi connectivity index (χ4n) is 7.10. The lowest BCUT2D eigenvalue weighted by molar-refractivity contribution is 0.0509. The fourth-order valence-corrected chi connectivity index (χ4v) is 8.09. The standard InChI is InChI=1S/C38H47N7O4S/c1-24(2)32-15-10-16-44(32)33-21-39-20-28(40-33)22-45-29(19-38(5,6)7)23-49-34-18-31(35-25(3)11-8-12-26(35)4)41-37(42-34)43-50(47,48)30-14-9-13-27(17-30)36(45)46/h8-9,11-14,17-18,20-21,24,29,32H,10,15-16,19,22-23H2,1-7H3,(H,41,42,43)/t29-,32?/m1/s1. The predicted molar refractivity (Wildman–Crippen MR) is 195 cm³/mol. The average molecular weight is 698 g/mol. The van der Waals surface area contributed by atoms with Gasteiger partial charge in [-0.25, -0.2) is 23.1 Å². The molecule has 4 bridgehead atoms. The molecule has 11 nitrogen and oxygen atoms in total.